The SMILES string of the molecule is COc1cc(C=C2C(=O)C3(C)CCC2(O)C3(C)C)cc(OC)c1. The van der Waals surface area contributed by atoms with Crippen molar-refractivity contribution in [3.63, 3.8) is 0 Å². The van der Waals surface area contributed by atoms with E-state index in [1.807, 2.05) is 32.9 Å². The van der Waals surface area contributed by atoms with Gasteiger partial charge in [0, 0.05) is 22.5 Å². The number of aliphatic hydroxyl groups is 1. The number of benzene rings is 1. The summed E-state index contributed by atoms with van der Waals surface area (Å²) in [6.07, 6.45) is 3.14. The van der Waals surface area contributed by atoms with Crippen molar-refractivity contribution < 1.29 is 19.4 Å². The Hall–Kier alpha value is -1.81. The smallest absolute Gasteiger partial charge is 0.168 e. The molecule has 23 heavy (non-hydrogen) atoms. The lowest BCUT2D eigenvalue weighted by molar-refractivity contribution is -0.125. The summed E-state index contributed by atoms with van der Waals surface area (Å²) >= 11 is 0. The first-order valence-corrected chi connectivity index (χ1v) is 7.92. The fourth-order valence-corrected chi connectivity index (χ4v) is 4.13. The third kappa shape index (κ3) is 1.91. The van der Waals surface area contributed by atoms with E-state index >= 15 is 0 Å². The maximum absolute atomic E-state index is 12.9. The Morgan fingerprint density at radius 3 is 2.04 bits per heavy atom. The molecule has 4 heteroatoms. The molecular formula is C19H24O4. The van der Waals surface area contributed by atoms with Gasteiger partial charge in [-0.3, -0.25) is 4.79 Å². The van der Waals surface area contributed by atoms with Crippen molar-refractivity contribution in [3.05, 3.63) is 29.3 Å². The summed E-state index contributed by atoms with van der Waals surface area (Å²) < 4.78 is 10.6. The number of hydrogen-bond acceptors (Lipinski definition) is 4. The average molecular weight is 316 g/mol. The average Bonchev–Trinajstić information content (AvgIpc) is 2.77. The molecule has 1 aromatic rings. The van der Waals surface area contributed by atoms with E-state index in [9.17, 15) is 9.90 Å². The molecule has 2 aliphatic rings. The second-order valence-electron chi connectivity index (χ2n) is 7.35. The van der Waals surface area contributed by atoms with Crippen LogP contribution in [0.1, 0.15) is 39.2 Å². The van der Waals surface area contributed by atoms with Crippen molar-refractivity contribution >= 4 is 11.9 Å². The van der Waals surface area contributed by atoms with Gasteiger partial charge in [0.1, 0.15) is 11.5 Å². The Kier molecular flexibility index (Phi) is 3.38. The Balaban J connectivity index is 2.13. The highest BCUT2D eigenvalue weighted by atomic mass is 16.5. The summed E-state index contributed by atoms with van der Waals surface area (Å²) in [5.41, 5.74) is -0.742. The lowest BCUT2D eigenvalue weighted by atomic mass is 9.69. The first-order valence-electron chi connectivity index (χ1n) is 7.92. The van der Waals surface area contributed by atoms with Crippen molar-refractivity contribution in [3.8, 4) is 11.5 Å². The van der Waals surface area contributed by atoms with Crippen LogP contribution in [0, 0.1) is 10.8 Å². The van der Waals surface area contributed by atoms with Crippen LogP contribution in [-0.4, -0.2) is 30.7 Å². The van der Waals surface area contributed by atoms with Gasteiger partial charge in [0.2, 0.25) is 0 Å². The van der Waals surface area contributed by atoms with Gasteiger partial charge in [-0.15, -0.1) is 0 Å². The number of carbonyl (C=O) groups excluding carboxylic acids is 1. The van der Waals surface area contributed by atoms with E-state index in [1.54, 1.807) is 26.4 Å². The Morgan fingerprint density at radius 1 is 1.04 bits per heavy atom. The number of ether oxygens (including phenoxy) is 2. The molecule has 0 heterocycles. The zero-order chi connectivity index (χ0) is 17.0. The summed E-state index contributed by atoms with van der Waals surface area (Å²) in [5, 5.41) is 11.2. The summed E-state index contributed by atoms with van der Waals surface area (Å²) in [5.74, 6) is 1.37. The van der Waals surface area contributed by atoms with Crippen molar-refractivity contribution in [2.24, 2.45) is 10.8 Å². The number of methoxy groups -OCH3 is 2. The standard InChI is InChI=1S/C19H24O4/c1-17(2)18(3)6-7-19(17,21)15(16(18)20)10-12-8-13(22-4)11-14(9-12)23-5/h8-11,21H,6-7H2,1-5H3. The van der Waals surface area contributed by atoms with Gasteiger partial charge in [-0.05, 0) is 36.6 Å². The van der Waals surface area contributed by atoms with Crippen LogP contribution in [0.25, 0.3) is 6.08 Å². The van der Waals surface area contributed by atoms with Crippen molar-refractivity contribution in [1.82, 2.24) is 0 Å². The van der Waals surface area contributed by atoms with Crippen molar-refractivity contribution in [2.75, 3.05) is 14.2 Å². The summed E-state index contributed by atoms with van der Waals surface area (Å²) in [4.78, 5) is 12.9. The second kappa shape index (κ2) is 4.84. The van der Waals surface area contributed by atoms with Gasteiger partial charge < -0.3 is 14.6 Å². The fraction of sp³-hybridized carbons (Fsp3) is 0.526. The van der Waals surface area contributed by atoms with Crippen LogP contribution in [0.2, 0.25) is 0 Å². The van der Waals surface area contributed by atoms with E-state index in [-0.39, 0.29) is 5.78 Å². The van der Waals surface area contributed by atoms with E-state index in [0.717, 1.165) is 12.0 Å². The van der Waals surface area contributed by atoms with Crippen LogP contribution in [-0.2, 0) is 4.79 Å². The molecule has 0 aliphatic heterocycles. The topological polar surface area (TPSA) is 55.8 Å². The predicted octanol–water partition coefficient (Wildman–Crippen LogP) is 3.23. The highest BCUT2D eigenvalue weighted by Crippen LogP contribution is 2.67. The largest absolute Gasteiger partial charge is 0.497 e. The highest BCUT2D eigenvalue weighted by molar-refractivity contribution is 6.10. The van der Waals surface area contributed by atoms with Crippen LogP contribution in [0.5, 0.6) is 11.5 Å². The van der Waals surface area contributed by atoms with Gasteiger partial charge in [0.25, 0.3) is 0 Å². The minimum atomic E-state index is -1.07. The van der Waals surface area contributed by atoms with E-state index in [0.29, 0.717) is 23.5 Å². The first-order chi connectivity index (χ1) is 10.7. The molecule has 2 unspecified atom stereocenters. The molecule has 0 aromatic heterocycles. The quantitative estimate of drug-likeness (QED) is 0.870. The molecule has 1 N–H and O–H groups in total. The lowest BCUT2D eigenvalue weighted by Gasteiger charge is -2.35. The molecule has 0 spiro atoms. The minimum absolute atomic E-state index is 0.0537. The minimum Gasteiger partial charge on any atom is -0.497 e. The molecule has 1 aromatic carbocycles. The Morgan fingerprint density at radius 2 is 1.61 bits per heavy atom. The predicted molar refractivity (Wildman–Crippen MR) is 88.6 cm³/mol. The van der Waals surface area contributed by atoms with Gasteiger partial charge in [0.05, 0.1) is 19.8 Å². The fourth-order valence-electron chi connectivity index (χ4n) is 4.13. The van der Waals surface area contributed by atoms with Gasteiger partial charge in [0.15, 0.2) is 5.78 Å². The number of rotatable bonds is 3. The van der Waals surface area contributed by atoms with Crippen LogP contribution in [0.15, 0.2) is 23.8 Å². The maximum atomic E-state index is 12.9. The van der Waals surface area contributed by atoms with E-state index < -0.39 is 16.4 Å². The van der Waals surface area contributed by atoms with E-state index in [1.165, 1.54) is 0 Å². The molecular weight excluding hydrogens is 292 g/mol. The summed E-state index contributed by atoms with van der Waals surface area (Å²) in [7, 11) is 3.18. The van der Waals surface area contributed by atoms with Crippen LogP contribution >= 0.6 is 0 Å². The molecule has 0 radical (unpaired) electrons. The van der Waals surface area contributed by atoms with Crippen molar-refractivity contribution in [1.29, 1.82) is 0 Å². The second-order valence-corrected chi connectivity index (χ2v) is 7.35. The Bertz CT molecular complexity index is 681. The van der Waals surface area contributed by atoms with E-state index in [2.05, 4.69) is 0 Å². The molecule has 2 saturated carbocycles. The first kappa shape index (κ1) is 16.1. The molecule has 3 rings (SSSR count). The molecule has 2 fully saturated rings. The number of Topliss-reactive ketones (excluding diaryl/α,β-unsaturated/α-hetero) is 1. The van der Waals surface area contributed by atoms with Crippen LogP contribution in [0.4, 0.5) is 0 Å². The third-order valence-corrected chi connectivity index (χ3v) is 6.28. The number of fused-ring (bicyclic) bond motifs is 2. The van der Waals surface area contributed by atoms with Gasteiger partial charge >= 0.3 is 0 Å². The summed E-state index contributed by atoms with van der Waals surface area (Å²) in [6.45, 7) is 5.95. The molecule has 2 bridgehead atoms. The molecule has 2 atom stereocenters. The van der Waals surface area contributed by atoms with Gasteiger partial charge in [-0.2, -0.15) is 0 Å². The Labute approximate surface area is 137 Å². The molecule has 124 valence electrons. The third-order valence-electron chi connectivity index (χ3n) is 6.28. The maximum Gasteiger partial charge on any atom is 0.168 e. The monoisotopic (exact) mass is 316 g/mol. The number of hydrogen-bond donors (Lipinski definition) is 1. The molecule has 2 aliphatic carbocycles. The van der Waals surface area contributed by atoms with Crippen LogP contribution in [0.3, 0.4) is 0 Å². The molecule has 4 nitrogen and oxygen atoms in total. The van der Waals surface area contributed by atoms with Crippen LogP contribution < -0.4 is 9.47 Å². The highest BCUT2D eigenvalue weighted by Gasteiger charge is 2.72. The van der Waals surface area contributed by atoms with E-state index in [4.69, 9.17) is 9.47 Å². The normalized spacial score (nSPS) is 33.3. The lowest BCUT2D eigenvalue weighted by Crippen LogP contribution is -2.40. The molecule has 0 amide bonds. The zero-order valence-corrected chi connectivity index (χ0v) is 14.4. The number of ketones is 1. The van der Waals surface area contributed by atoms with Gasteiger partial charge in [-0.25, -0.2) is 0 Å². The van der Waals surface area contributed by atoms with Crippen molar-refractivity contribution in [2.45, 2.75) is 39.2 Å². The summed E-state index contributed by atoms with van der Waals surface area (Å²) in [6, 6.07) is 5.46. The number of carbonyl (C=O) groups is 1. The van der Waals surface area contributed by atoms with Gasteiger partial charge in [-0.1, -0.05) is 20.8 Å². The zero-order valence-electron chi connectivity index (χ0n) is 14.4. The molecule has 0 saturated heterocycles.